The first-order valence-corrected chi connectivity index (χ1v) is 9.58. The van der Waals surface area contributed by atoms with Gasteiger partial charge >= 0.3 is 12.5 Å². The Hall–Kier alpha value is -3.54. The van der Waals surface area contributed by atoms with Crippen LogP contribution in [0.3, 0.4) is 0 Å². The largest absolute Gasteiger partial charge is 0.573 e. The summed E-state index contributed by atoms with van der Waals surface area (Å²) in [6.07, 6.45) is -8.95. The first kappa shape index (κ1) is 24.1. The molecule has 0 spiro atoms. The molecule has 0 aliphatic heterocycles. The molecule has 0 amide bonds. The Labute approximate surface area is 184 Å². The van der Waals surface area contributed by atoms with Crippen molar-refractivity contribution in [2.45, 2.75) is 19.0 Å². The zero-order valence-corrected chi connectivity index (χ0v) is 16.8. The monoisotopic (exact) mass is 472 g/mol. The lowest BCUT2D eigenvalue weighted by atomic mass is 10.1. The van der Waals surface area contributed by atoms with Gasteiger partial charge in [0.05, 0.1) is 11.3 Å². The number of ether oxygens (including phenoxy) is 1. The SMILES string of the molecule is OCCCNc1nc(Nc2ccc(C(F)(F)F)cc2)cc(-c2cccc(OC(F)(F)F)c2)n1. The number of aliphatic hydroxyl groups is 1. The van der Waals surface area contributed by atoms with Crippen molar-refractivity contribution >= 4 is 17.5 Å². The molecule has 0 atom stereocenters. The van der Waals surface area contributed by atoms with Crippen LogP contribution in [0.25, 0.3) is 11.3 Å². The van der Waals surface area contributed by atoms with Gasteiger partial charge in [-0.1, -0.05) is 12.1 Å². The van der Waals surface area contributed by atoms with E-state index >= 15 is 0 Å². The van der Waals surface area contributed by atoms with Crippen LogP contribution in [0.4, 0.5) is 43.8 Å². The Balaban J connectivity index is 1.92. The highest BCUT2D eigenvalue weighted by molar-refractivity contribution is 5.68. The van der Waals surface area contributed by atoms with Gasteiger partial charge in [0.2, 0.25) is 5.95 Å². The fraction of sp³-hybridized carbons (Fsp3) is 0.238. The molecule has 0 unspecified atom stereocenters. The minimum atomic E-state index is -4.86. The van der Waals surface area contributed by atoms with Crippen LogP contribution < -0.4 is 15.4 Å². The number of alkyl halides is 6. The fourth-order valence-corrected chi connectivity index (χ4v) is 2.76. The molecule has 6 nitrogen and oxygen atoms in total. The van der Waals surface area contributed by atoms with E-state index in [0.717, 1.165) is 24.3 Å². The van der Waals surface area contributed by atoms with E-state index in [1.807, 2.05) is 0 Å². The number of halogens is 6. The minimum absolute atomic E-state index is 0.0832. The average Bonchev–Trinajstić information content (AvgIpc) is 2.72. The lowest BCUT2D eigenvalue weighted by Gasteiger charge is -2.13. The number of hydrogen-bond acceptors (Lipinski definition) is 6. The number of rotatable bonds is 8. The molecule has 2 aromatic carbocycles. The molecule has 176 valence electrons. The normalized spacial score (nSPS) is 11.8. The molecule has 1 aromatic heterocycles. The maximum absolute atomic E-state index is 12.8. The number of nitrogens with one attached hydrogen (secondary N) is 2. The highest BCUT2D eigenvalue weighted by Gasteiger charge is 2.31. The number of anilines is 3. The van der Waals surface area contributed by atoms with Crippen LogP contribution in [0.2, 0.25) is 0 Å². The van der Waals surface area contributed by atoms with E-state index in [-0.39, 0.29) is 24.1 Å². The average molecular weight is 472 g/mol. The molecule has 0 radical (unpaired) electrons. The summed E-state index contributed by atoms with van der Waals surface area (Å²) in [6, 6.07) is 10.9. The van der Waals surface area contributed by atoms with E-state index in [4.69, 9.17) is 5.11 Å². The Bertz CT molecular complexity index is 1070. The second kappa shape index (κ2) is 9.94. The maximum atomic E-state index is 12.8. The van der Waals surface area contributed by atoms with Crippen LogP contribution in [0, 0.1) is 0 Å². The molecule has 0 saturated heterocycles. The van der Waals surface area contributed by atoms with Gasteiger partial charge in [0.25, 0.3) is 0 Å². The summed E-state index contributed by atoms with van der Waals surface area (Å²) < 4.78 is 80.0. The standard InChI is InChI=1S/C21H18F6N4O2/c22-20(23,24)14-5-7-15(8-6-14)29-18-12-17(30-19(31-18)28-9-2-10-32)13-3-1-4-16(11-13)33-21(25,26)27/h1,3-8,11-12,32H,2,9-10H2,(H2,28,29,30,31). The van der Waals surface area contributed by atoms with Crippen molar-refractivity contribution in [1.29, 1.82) is 0 Å². The van der Waals surface area contributed by atoms with Gasteiger partial charge in [0.15, 0.2) is 0 Å². The third-order valence-corrected chi connectivity index (χ3v) is 4.19. The van der Waals surface area contributed by atoms with Crippen molar-refractivity contribution in [2.24, 2.45) is 0 Å². The Morgan fingerprint density at radius 1 is 0.909 bits per heavy atom. The molecule has 0 bridgehead atoms. The maximum Gasteiger partial charge on any atom is 0.573 e. The second-order valence-electron chi connectivity index (χ2n) is 6.74. The second-order valence-corrected chi connectivity index (χ2v) is 6.74. The number of aliphatic hydroxyl groups excluding tert-OH is 1. The third kappa shape index (κ3) is 7.24. The number of aromatic nitrogens is 2. The Kier molecular flexibility index (Phi) is 7.26. The van der Waals surface area contributed by atoms with E-state index in [1.165, 1.54) is 30.3 Å². The van der Waals surface area contributed by atoms with Crippen LogP contribution in [-0.4, -0.2) is 34.6 Å². The van der Waals surface area contributed by atoms with E-state index in [1.54, 1.807) is 0 Å². The summed E-state index contributed by atoms with van der Waals surface area (Å²) >= 11 is 0. The van der Waals surface area contributed by atoms with Gasteiger partial charge in [0.1, 0.15) is 11.6 Å². The van der Waals surface area contributed by atoms with E-state index in [2.05, 4.69) is 25.3 Å². The smallest absolute Gasteiger partial charge is 0.406 e. The molecule has 3 N–H and O–H groups in total. The molecule has 1 heterocycles. The quantitative estimate of drug-likeness (QED) is 0.293. The van der Waals surface area contributed by atoms with Gasteiger partial charge < -0.3 is 20.5 Å². The Morgan fingerprint density at radius 3 is 2.27 bits per heavy atom. The predicted molar refractivity (Wildman–Crippen MR) is 109 cm³/mol. The highest BCUT2D eigenvalue weighted by atomic mass is 19.4. The third-order valence-electron chi connectivity index (χ3n) is 4.19. The van der Waals surface area contributed by atoms with Gasteiger partial charge in [-0.3, -0.25) is 0 Å². The molecule has 3 rings (SSSR count). The van der Waals surface area contributed by atoms with Crippen LogP contribution in [-0.2, 0) is 6.18 Å². The summed E-state index contributed by atoms with van der Waals surface area (Å²) in [4.78, 5) is 8.50. The lowest BCUT2D eigenvalue weighted by molar-refractivity contribution is -0.274. The van der Waals surface area contributed by atoms with Gasteiger partial charge in [-0.25, -0.2) is 4.98 Å². The first-order valence-electron chi connectivity index (χ1n) is 9.58. The zero-order valence-electron chi connectivity index (χ0n) is 16.8. The molecular weight excluding hydrogens is 454 g/mol. The van der Waals surface area contributed by atoms with Gasteiger partial charge in [-0.2, -0.15) is 18.2 Å². The molecule has 12 heteroatoms. The molecular formula is C21H18F6N4O2. The molecule has 0 fully saturated rings. The highest BCUT2D eigenvalue weighted by Crippen LogP contribution is 2.32. The molecule has 0 aliphatic rings. The first-order chi connectivity index (χ1) is 15.5. The molecule has 3 aromatic rings. The minimum Gasteiger partial charge on any atom is -0.406 e. The van der Waals surface area contributed by atoms with Crippen LogP contribution >= 0.6 is 0 Å². The van der Waals surface area contributed by atoms with Crippen molar-refractivity contribution in [3.63, 3.8) is 0 Å². The van der Waals surface area contributed by atoms with Crippen LogP contribution in [0.15, 0.2) is 54.6 Å². The zero-order chi connectivity index (χ0) is 24.1. The Morgan fingerprint density at radius 2 is 1.64 bits per heavy atom. The molecule has 0 aliphatic carbocycles. The summed E-state index contributed by atoms with van der Waals surface area (Å²) in [5.41, 5.74) is 0.0192. The van der Waals surface area contributed by atoms with E-state index in [0.29, 0.717) is 24.2 Å². The van der Waals surface area contributed by atoms with Crippen LogP contribution in [0.5, 0.6) is 5.75 Å². The summed E-state index contributed by atoms with van der Waals surface area (Å²) in [7, 11) is 0. The van der Waals surface area contributed by atoms with Crippen molar-refractivity contribution in [2.75, 3.05) is 23.8 Å². The van der Waals surface area contributed by atoms with Crippen molar-refractivity contribution in [1.82, 2.24) is 9.97 Å². The number of nitrogens with zero attached hydrogens (tertiary/aromatic N) is 2. The topological polar surface area (TPSA) is 79.3 Å². The lowest BCUT2D eigenvalue weighted by Crippen LogP contribution is -2.17. The number of hydrogen-bond donors (Lipinski definition) is 3. The summed E-state index contributed by atoms with van der Waals surface area (Å²) in [5.74, 6) is -0.142. The molecule has 0 saturated carbocycles. The van der Waals surface area contributed by atoms with Crippen LogP contribution in [0.1, 0.15) is 12.0 Å². The van der Waals surface area contributed by atoms with Crippen molar-refractivity contribution in [3.8, 4) is 17.0 Å². The molecule has 33 heavy (non-hydrogen) atoms. The van der Waals surface area contributed by atoms with Crippen molar-refractivity contribution < 1.29 is 36.2 Å². The van der Waals surface area contributed by atoms with E-state index < -0.39 is 23.9 Å². The summed E-state index contributed by atoms with van der Waals surface area (Å²) in [5, 5.41) is 14.7. The van der Waals surface area contributed by atoms with Gasteiger partial charge in [-0.15, -0.1) is 13.2 Å². The fourth-order valence-electron chi connectivity index (χ4n) is 2.76. The van der Waals surface area contributed by atoms with Gasteiger partial charge in [0, 0.05) is 30.5 Å². The van der Waals surface area contributed by atoms with E-state index in [9.17, 15) is 26.3 Å². The summed E-state index contributed by atoms with van der Waals surface area (Å²) in [6.45, 7) is 0.233. The number of benzene rings is 2. The predicted octanol–water partition coefficient (Wildman–Crippen LogP) is 5.60. The van der Waals surface area contributed by atoms with Gasteiger partial charge in [-0.05, 0) is 42.8 Å². The van der Waals surface area contributed by atoms with Crippen molar-refractivity contribution in [3.05, 3.63) is 60.2 Å².